The lowest BCUT2D eigenvalue weighted by Gasteiger charge is -2.35. The molecule has 1 N–H and O–H groups in total. The van der Waals surface area contributed by atoms with Gasteiger partial charge in [0, 0.05) is 44.1 Å². The maximum absolute atomic E-state index is 10.4. The van der Waals surface area contributed by atoms with Crippen molar-refractivity contribution >= 4 is 11.7 Å². The van der Waals surface area contributed by atoms with Gasteiger partial charge in [0.1, 0.15) is 0 Å². The van der Waals surface area contributed by atoms with Crippen molar-refractivity contribution in [1.82, 2.24) is 4.90 Å². The number of piperazine rings is 1. The molecule has 4 heteroatoms. The van der Waals surface area contributed by atoms with Gasteiger partial charge in [0.15, 0.2) is 0 Å². The van der Waals surface area contributed by atoms with Crippen LogP contribution >= 0.6 is 0 Å². The molecule has 0 saturated carbocycles. The van der Waals surface area contributed by atoms with Crippen molar-refractivity contribution in [3.63, 3.8) is 0 Å². The molecule has 0 radical (unpaired) electrons. The summed E-state index contributed by atoms with van der Waals surface area (Å²) in [5.41, 5.74) is 2.51. The smallest absolute Gasteiger partial charge is 0.329 e. The molecule has 4 nitrogen and oxygen atoms in total. The zero-order valence-electron chi connectivity index (χ0n) is 10.5. The summed E-state index contributed by atoms with van der Waals surface area (Å²) in [7, 11) is 0. The van der Waals surface area contributed by atoms with Crippen molar-refractivity contribution in [2.45, 2.75) is 6.92 Å². The van der Waals surface area contributed by atoms with Crippen LogP contribution in [0.5, 0.6) is 0 Å². The molecule has 0 atom stereocenters. The first-order valence-corrected chi connectivity index (χ1v) is 6.12. The number of rotatable bonds is 3. The number of nitrogens with zero attached hydrogens (tertiary/aromatic N) is 2. The number of hydrogen-bond acceptors (Lipinski definition) is 3. The molecular formula is C14H18N2O2. The highest BCUT2D eigenvalue weighted by atomic mass is 16.4. The maximum Gasteiger partial charge on any atom is 0.329 e. The molecule has 0 amide bonds. The Labute approximate surface area is 107 Å². The van der Waals surface area contributed by atoms with Gasteiger partial charge in [0.2, 0.25) is 0 Å². The molecule has 96 valence electrons. The Morgan fingerprint density at radius 2 is 2.00 bits per heavy atom. The molecular weight excluding hydrogens is 228 g/mol. The van der Waals surface area contributed by atoms with Crippen LogP contribution in [0.25, 0.3) is 0 Å². The van der Waals surface area contributed by atoms with Crippen LogP contribution in [0, 0.1) is 6.92 Å². The predicted molar refractivity (Wildman–Crippen MR) is 71.7 cm³/mol. The molecule has 2 rings (SSSR count). The van der Waals surface area contributed by atoms with E-state index in [1.54, 1.807) is 6.20 Å². The van der Waals surface area contributed by atoms with E-state index in [2.05, 4.69) is 36.1 Å². The second-order valence-electron chi connectivity index (χ2n) is 4.52. The average molecular weight is 246 g/mol. The summed E-state index contributed by atoms with van der Waals surface area (Å²) in [5, 5.41) is 8.58. The molecule has 0 aromatic heterocycles. The molecule has 1 heterocycles. The fourth-order valence-corrected chi connectivity index (χ4v) is 2.12. The van der Waals surface area contributed by atoms with E-state index < -0.39 is 5.97 Å². The Hall–Kier alpha value is -1.97. The van der Waals surface area contributed by atoms with Crippen LogP contribution in [-0.2, 0) is 4.79 Å². The highest BCUT2D eigenvalue weighted by molar-refractivity contribution is 5.79. The Morgan fingerprint density at radius 1 is 1.28 bits per heavy atom. The van der Waals surface area contributed by atoms with Gasteiger partial charge in [0.25, 0.3) is 0 Å². The second-order valence-corrected chi connectivity index (χ2v) is 4.52. The molecule has 0 unspecified atom stereocenters. The number of aryl methyl sites for hydroxylation is 1. The van der Waals surface area contributed by atoms with E-state index in [1.807, 2.05) is 4.90 Å². The Kier molecular flexibility index (Phi) is 3.87. The summed E-state index contributed by atoms with van der Waals surface area (Å²) >= 11 is 0. The molecule has 18 heavy (non-hydrogen) atoms. The van der Waals surface area contributed by atoms with E-state index >= 15 is 0 Å². The Morgan fingerprint density at radius 3 is 2.61 bits per heavy atom. The van der Waals surface area contributed by atoms with E-state index in [1.165, 1.54) is 17.3 Å². The van der Waals surface area contributed by atoms with Crippen LogP contribution in [0.2, 0.25) is 0 Å². The van der Waals surface area contributed by atoms with Gasteiger partial charge < -0.3 is 14.9 Å². The number of carboxylic acid groups (broad SMARTS) is 1. The summed E-state index contributed by atoms with van der Waals surface area (Å²) in [6.07, 6.45) is 2.86. The largest absolute Gasteiger partial charge is 0.478 e. The Bertz CT molecular complexity index is 449. The minimum absolute atomic E-state index is 0.859. The maximum atomic E-state index is 10.4. The molecule has 1 saturated heterocycles. The van der Waals surface area contributed by atoms with Crippen LogP contribution < -0.4 is 4.90 Å². The minimum atomic E-state index is -0.892. The summed E-state index contributed by atoms with van der Waals surface area (Å²) in [6, 6.07) is 8.47. The molecule has 1 fully saturated rings. The van der Waals surface area contributed by atoms with Gasteiger partial charge in [-0.2, -0.15) is 0 Å². The number of carboxylic acids is 1. The van der Waals surface area contributed by atoms with Gasteiger partial charge in [-0.15, -0.1) is 0 Å². The predicted octanol–water partition coefficient (Wildman–Crippen LogP) is 1.72. The van der Waals surface area contributed by atoms with Crippen molar-refractivity contribution in [3.8, 4) is 0 Å². The summed E-state index contributed by atoms with van der Waals surface area (Å²) in [5.74, 6) is -0.892. The summed E-state index contributed by atoms with van der Waals surface area (Å²) in [4.78, 5) is 14.8. The standard InChI is InChI=1S/C14H18N2O2/c1-12-3-2-4-13(11-12)16-9-7-15(8-10-16)6-5-14(17)18/h2-6,11H,7-10H2,1H3,(H,17,18). The summed E-state index contributed by atoms with van der Waals surface area (Å²) in [6.45, 7) is 5.66. The fraction of sp³-hybridized carbons (Fsp3) is 0.357. The topological polar surface area (TPSA) is 43.8 Å². The zero-order valence-corrected chi connectivity index (χ0v) is 10.5. The van der Waals surface area contributed by atoms with Gasteiger partial charge >= 0.3 is 5.97 Å². The van der Waals surface area contributed by atoms with Gasteiger partial charge in [-0.3, -0.25) is 0 Å². The molecule has 0 aliphatic carbocycles. The van der Waals surface area contributed by atoms with E-state index in [4.69, 9.17) is 5.11 Å². The van der Waals surface area contributed by atoms with Crippen LogP contribution in [0.1, 0.15) is 5.56 Å². The van der Waals surface area contributed by atoms with Crippen molar-refractivity contribution in [3.05, 3.63) is 42.1 Å². The monoisotopic (exact) mass is 246 g/mol. The van der Waals surface area contributed by atoms with Gasteiger partial charge in [-0.1, -0.05) is 12.1 Å². The summed E-state index contributed by atoms with van der Waals surface area (Å²) < 4.78 is 0. The van der Waals surface area contributed by atoms with Crippen LogP contribution in [0.15, 0.2) is 36.5 Å². The van der Waals surface area contributed by atoms with E-state index in [0.29, 0.717) is 0 Å². The molecule has 0 bridgehead atoms. The molecule has 1 aliphatic rings. The van der Waals surface area contributed by atoms with Crippen LogP contribution in [0.4, 0.5) is 5.69 Å². The first kappa shape index (κ1) is 12.5. The number of benzene rings is 1. The SMILES string of the molecule is Cc1cccc(N2CCN(C=CC(=O)O)CC2)c1. The third-order valence-corrected chi connectivity index (χ3v) is 3.11. The highest BCUT2D eigenvalue weighted by Gasteiger charge is 2.14. The van der Waals surface area contributed by atoms with Gasteiger partial charge in [0.05, 0.1) is 0 Å². The number of aliphatic carboxylic acids is 1. The number of carbonyl (C=O) groups is 1. The fourth-order valence-electron chi connectivity index (χ4n) is 2.12. The Balaban J connectivity index is 1.92. The lowest BCUT2D eigenvalue weighted by molar-refractivity contribution is -0.131. The van der Waals surface area contributed by atoms with Gasteiger partial charge in [-0.25, -0.2) is 4.79 Å². The molecule has 0 spiro atoms. The van der Waals surface area contributed by atoms with Crippen molar-refractivity contribution in [1.29, 1.82) is 0 Å². The normalized spacial score (nSPS) is 16.3. The lowest BCUT2D eigenvalue weighted by Crippen LogP contribution is -2.44. The zero-order chi connectivity index (χ0) is 13.0. The van der Waals surface area contributed by atoms with Gasteiger partial charge in [-0.05, 0) is 24.6 Å². The average Bonchev–Trinajstić information content (AvgIpc) is 2.37. The molecule has 1 aromatic carbocycles. The second kappa shape index (κ2) is 5.58. The molecule has 1 aromatic rings. The number of anilines is 1. The van der Waals surface area contributed by atoms with E-state index in [0.717, 1.165) is 26.2 Å². The third kappa shape index (κ3) is 3.26. The number of hydrogen-bond donors (Lipinski definition) is 1. The minimum Gasteiger partial charge on any atom is -0.478 e. The first-order valence-electron chi connectivity index (χ1n) is 6.12. The van der Waals surface area contributed by atoms with Crippen molar-refractivity contribution in [2.75, 3.05) is 31.1 Å². The lowest BCUT2D eigenvalue weighted by atomic mass is 10.2. The quantitative estimate of drug-likeness (QED) is 0.825. The van der Waals surface area contributed by atoms with Crippen LogP contribution in [0.3, 0.4) is 0 Å². The van der Waals surface area contributed by atoms with Crippen LogP contribution in [-0.4, -0.2) is 42.2 Å². The van der Waals surface area contributed by atoms with Crippen molar-refractivity contribution < 1.29 is 9.90 Å². The first-order chi connectivity index (χ1) is 8.65. The third-order valence-electron chi connectivity index (χ3n) is 3.11. The van der Waals surface area contributed by atoms with E-state index in [9.17, 15) is 4.79 Å². The van der Waals surface area contributed by atoms with Crippen molar-refractivity contribution in [2.24, 2.45) is 0 Å². The molecule has 1 aliphatic heterocycles. The highest BCUT2D eigenvalue weighted by Crippen LogP contribution is 2.17. The van der Waals surface area contributed by atoms with E-state index in [-0.39, 0.29) is 0 Å².